The number of fused-ring (bicyclic) bond motifs is 2. The molecule has 0 aromatic carbocycles. The average Bonchev–Trinajstić information content (AvgIpc) is 2.34. The van der Waals surface area contributed by atoms with Gasteiger partial charge in [0.2, 0.25) is 12.2 Å². The van der Waals surface area contributed by atoms with Crippen molar-refractivity contribution >= 4 is 11.8 Å². The minimum Gasteiger partial charge on any atom is -0.447 e. The van der Waals surface area contributed by atoms with E-state index in [-0.39, 0.29) is 10.8 Å². The summed E-state index contributed by atoms with van der Waals surface area (Å²) in [7, 11) is 0. The Morgan fingerprint density at radius 3 is 2.68 bits per heavy atom. The first-order chi connectivity index (χ1) is 8.97. The third kappa shape index (κ3) is 1.98. The average molecular weight is 288 g/mol. The molecule has 2 aliphatic heterocycles. The highest BCUT2D eigenvalue weighted by Crippen LogP contribution is 2.41. The van der Waals surface area contributed by atoms with Crippen LogP contribution in [0.25, 0.3) is 0 Å². The molecule has 0 spiro atoms. The van der Waals surface area contributed by atoms with Gasteiger partial charge in [-0.3, -0.25) is 14.8 Å². The maximum Gasteiger partial charge on any atom is 0.328 e. The van der Waals surface area contributed by atoms with Gasteiger partial charge < -0.3 is 19.7 Å². The molecule has 5 atom stereocenters. The van der Waals surface area contributed by atoms with E-state index in [1.807, 2.05) is 0 Å². The zero-order valence-electron chi connectivity index (χ0n) is 9.82. The molecule has 0 bridgehead atoms. The largest absolute Gasteiger partial charge is 0.447 e. The lowest BCUT2D eigenvalue weighted by atomic mass is 10.0. The molecule has 9 heteroatoms. The second-order valence-electron chi connectivity index (χ2n) is 4.46. The number of thioether (sulfide) groups is 1. The van der Waals surface area contributed by atoms with Crippen molar-refractivity contribution in [2.75, 3.05) is 0 Å². The van der Waals surface area contributed by atoms with Crippen LogP contribution < -0.4 is 16.0 Å². The standard InChI is InChI=1S/C10H12N2O6S/c1-2-3(13)4(14)5-9(17-2)18-8-6(19-5)7(15)11-10(16)12-8/h2-5,9,13-14H,1H3,(H2,11,12,15,16). The van der Waals surface area contributed by atoms with Gasteiger partial charge in [-0.2, -0.15) is 0 Å². The molecule has 1 fully saturated rings. The van der Waals surface area contributed by atoms with Gasteiger partial charge in [0.15, 0.2) is 0 Å². The monoisotopic (exact) mass is 288 g/mol. The van der Waals surface area contributed by atoms with Crippen LogP contribution in [-0.2, 0) is 4.74 Å². The van der Waals surface area contributed by atoms with Crippen LogP contribution in [0.2, 0.25) is 0 Å². The molecule has 0 radical (unpaired) electrons. The van der Waals surface area contributed by atoms with Crippen LogP contribution in [-0.4, -0.2) is 50.0 Å². The highest BCUT2D eigenvalue weighted by atomic mass is 32.2. The predicted molar refractivity (Wildman–Crippen MR) is 64.3 cm³/mol. The van der Waals surface area contributed by atoms with E-state index in [1.54, 1.807) is 6.92 Å². The number of rotatable bonds is 0. The molecule has 4 N–H and O–H groups in total. The van der Waals surface area contributed by atoms with Crippen LogP contribution in [0.4, 0.5) is 0 Å². The molecule has 2 aliphatic rings. The number of aliphatic hydroxyl groups excluding tert-OH is 2. The minimum absolute atomic E-state index is 0.0239. The van der Waals surface area contributed by atoms with E-state index < -0.39 is 41.1 Å². The summed E-state index contributed by atoms with van der Waals surface area (Å²) in [5.41, 5.74) is -1.27. The fourth-order valence-corrected chi connectivity index (χ4v) is 3.29. The number of hydrogen-bond acceptors (Lipinski definition) is 7. The van der Waals surface area contributed by atoms with Crippen molar-refractivity contribution < 1.29 is 19.7 Å². The Morgan fingerprint density at radius 2 is 1.95 bits per heavy atom. The summed E-state index contributed by atoms with van der Waals surface area (Å²) in [4.78, 5) is 27.4. The predicted octanol–water partition coefficient (Wildman–Crippen LogP) is -1.62. The Labute approximate surface area is 110 Å². The van der Waals surface area contributed by atoms with Crippen LogP contribution in [0, 0.1) is 0 Å². The van der Waals surface area contributed by atoms with Gasteiger partial charge in [0, 0.05) is 0 Å². The lowest BCUT2D eigenvalue weighted by Crippen LogP contribution is -2.58. The maximum atomic E-state index is 11.7. The summed E-state index contributed by atoms with van der Waals surface area (Å²) in [6.45, 7) is 1.61. The lowest BCUT2D eigenvalue weighted by Gasteiger charge is -2.42. The fraction of sp³-hybridized carbons (Fsp3) is 0.600. The number of ether oxygens (including phenoxy) is 2. The number of aromatic amines is 2. The van der Waals surface area contributed by atoms with Crippen molar-refractivity contribution in [3.63, 3.8) is 0 Å². The smallest absolute Gasteiger partial charge is 0.328 e. The van der Waals surface area contributed by atoms with Gasteiger partial charge in [0.05, 0.1) is 6.10 Å². The molecular formula is C10H12N2O6S. The second kappa shape index (κ2) is 4.37. The van der Waals surface area contributed by atoms with Gasteiger partial charge in [-0.15, -0.1) is 11.8 Å². The van der Waals surface area contributed by atoms with E-state index in [0.717, 1.165) is 11.8 Å². The third-order valence-corrected chi connectivity index (χ3v) is 4.52. The van der Waals surface area contributed by atoms with Gasteiger partial charge in [0.25, 0.3) is 5.56 Å². The van der Waals surface area contributed by atoms with Crippen molar-refractivity contribution in [2.45, 2.75) is 41.7 Å². The topological polar surface area (TPSA) is 125 Å². The molecule has 19 heavy (non-hydrogen) atoms. The molecule has 3 heterocycles. The van der Waals surface area contributed by atoms with E-state index in [1.165, 1.54) is 0 Å². The van der Waals surface area contributed by atoms with Gasteiger partial charge >= 0.3 is 5.69 Å². The van der Waals surface area contributed by atoms with Crippen molar-refractivity contribution in [3.05, 3.63) is 20.8 Å². The molecular weight excluding hydrogens is 276 g/mol. The molecule has 0 amide bonds. The van der Waals surface area contributed by atoms with Crippen LogP contribution >= 0.6 is 11.8 Å². The zero-order valence-corrected chi connectivity index (χ0v) is 10.6. The summed E-state index contributed by atoms with van der Waals surface area (Å²) in [6, 6.07) is 0. The van der Waals surface area contributed by atoms with Crippen molar-refractivity contribution in [3.8, 4) is 5.88 Å². The highest BCUT2D eigenvalue weighted by molar-refractivity contribution is 8.00. The summed E-state index contributed by atoms with van der Waals surface area (Å²) >= 11 is 1.02. The molecule has 0 aliphatic carbocycles. The quantitative estimate of drug-likeness (QED) is 0.452. The molecule has 8 nitrogen and oxygen atoms in total. The third-order valence-electron chi connectivity index (χ3n) is 3.14. The van der Waals surface area contributed by atoms with E-state index in [9.17, 15) is 19.8 Å². The normalized spacial score (nSPS) is 37.1. The van der Waals surface area contributed by atoms with Gasteiger partial charge in [0.1, 0.15) is 22.4 Å². The molecule has 1 saturated heterocycles. The van der Waals surface area contributed by atoms with E-state index >= 15 is 0 Å². The Balaban J connectivity index is 2.01. The Kier molecular flexibility index (Phi) is 2.93. The van der Waals surface area contributed by atoms with E-state index in [0.29, 0.717) is 0 Å². The molecule has 104 valence electrons. The Morgan fingerprint density at radius 1 is 1.21 bits per heavy atom. The Hall–Kier alpha value is -1.29. The molecule has 1 aromatic heterocycles. The SMILES string of the molecule is CC1OC2Oc3[nH]c(=O)[nH]c(=O)c3SC2C(O)C1O. The fourth-order valence-electron chi connectivity index (χ4n) is 2.12. The van der Waals surface area contributed by atoms with Gasteiger partial charge in [-0.05, 0) is 6.92 Å². The summed E-state index contributed by atoms with van der Waals surface area (Å²) in [5.74, 6) is 0.0239. The molecule has 5 unspecified atom stereocenters. The number of aromatic nitrogens is 2. The van der Waals surface area contributed by atoms with Gasteiger partial charge in [-0.1, -0.05) is 0 Å². The van der Waals surface area contributed by atoms with Crippen molar-refractivity contribution in [2.24, 2.45) is 0 Å². The first-order valence-corrected chi connectivity index (χ1v) is 6.57. The van der Waals surface area contributed by atoms with Gasteiger partial charge in [-0.25, -0.2) is 4.79 Å². The van der Waals surface area contributed by atoms with E-state index in [4.69, 9.17) is 9.47 Å². The Bertz CT molecular complexity index is 613. The summed E-state index contributed by atoms with van der Waals surface area (Å²) in [5, 5.41) is 19.1. The number of H-pyrrole nitrogens is 2. The van der Waals surface area contributed by atoms with E-state index in [2.05, 4.69) is 9.97 Å². The number of aliphatic hydroxyl groups is 2. The molecule has 0 saturated carbocycles. The molecule has 1 aromatic rings. The first-order valence-electron chi connectivity index (χ1n) is 5.69. The van der Waals surface area contributed by atoms with Crippen molar-refractivity contribution in [1.29, 1.82) is 0 Å². The number of hydrogen-bond donors (Lipinski definition) is 4. The maximum absolute atomic E-state index is 11.7. The minimum atomic E-state index is -1.08. The van der Waals surface area contributed by atoms with Crippen LogP contribution in [0.1, 0.15) is 6.92 Å². The van der Waals surface area contributed by atoms with Crippen molar-refractivity contribution in [1.82, 2.24) is 9.97 Å². The number of nitrogens with one attached hydrogen (secondary N) is 2. The zero-order chi connectivity index (χ0) is 13.7. The highest BCUT2D eigenvalue weighted by Gasteiger charge is 2.47. The van der Waals surface area contributed by atoms with Crippen LogP contribution in [0.3, 0.4) is 0 Å². The molecule has 3 rings (SSSR count). The van der Waals surface area contributed by atoms with Crippen LogP contribution in [0.15, 0.2) is 14.5 Å². The summed E-state index contributed by atoms with van der Waals surface area (Å²) < 4.78 is 10.8. The van der Waals surface area contributed by atoms with Crippen LogP contribution in [0.5, 0.6) is 5.88 Å². The first kappa shape index (κ1) is 12.7. The summed E-state index contributed by atoms with van der Waals surface area (Å²) in [6.07, 6.45) is -3.57. The lowest BCUT2D eigenvalue weighted by molar-refractivity contribution is -0.214. The second-order valence-corrected chi connectivity index (χ2v) is 5.65.